The molecule has 0 aromatic rings. The van der Waals surface area contributed by atoms with Gasteiger partial charge in [0.25, 0.3) is 0 Å². The summed E-state index contributed by atoms with van der Waals surface area (Å²) in [5, 5.41) is 0.326. The molecule has 0 aliphatic heterocycles. The van der Waals surface area contributed by atoms with Crippen molar-refractivity contribution in [1.82, 2.24) is 4.72 Å². The zero-order valence-corrected chi connectivity index (χ0v) is 16.6. The molecular weight excluding hydrogens is 338 g/mol. The molecular formula is C16H30ClNO4S. The Morgan fingerprint density at radius 2 is 1.87 bits per heavy atom. The minimum absolute atomic E-state index is 0.296. The number of sulfonamides is 1. The molecule has 0 fully saturated rings. The molecule has 136 valence electrons. The molecule has 0 aromatic heterocycles. The standard InChI is InChI=1S/C16H30ClNO4S/c1-7-9-10-14(18-23(20,21)16(4,5)6)13(17)11-12(3)15(19)22-8-2/h11-12,14,18H,7-10H2,1-6H3/b13-11-/t12-,14-/m0/s1. The van der Waals surface area contributed by atoms with Crippen molar-refractivity contribution in [3.8, 4) is 0 Å². The number of unbranched alkanes of at least 4 members (excludes halogenated alkanes) is 1. The maximum atomic E-state index is 12.4. The number of carbonyl (C=O) groups is 1. The van der Waals surface area contributed by atoms with Crippen molar-refractivity contribution in [3.05, 3.63) is 11.1 Å². The highest BCUT2D eigenvalue weighted by Gasteiger charge is 2.32. The molecule has 1 N–H and O–H groups in total. The van der Waals surface area contributed by atoms with Gasteiger partial charge < -0.3 is 4.74 Å². The fourth-order valence-electron chi connectivity index (χ4n) is 1.72. The summed E-state index contributed by atoms with van der Waals surface area (Å²) in [4.78, 5) is 11.7. The Morgan fingerprint density at radius 1 is 1.30 bits per heavy atom. The maximum absolute atomic E-state index is 12.4. The van der Waals surface area contributed by atoms with Crippen molar-refractivity contribution in [2.24, 2.45) is 5.92 Å². The van der Waals surface area contributed by atoms with Gasteiger partial charge in [-0.05, 0) is 41.0 Å². The fraction of sp³-hybridized carbons (Fsp3) is 0.812. The average Bonchev–Trinajstić information content (AvgIpc) is 2.42. The first-order chi connectivity index (χ1) is 10.5. The second kappa shape index (κ2) is 9.64. The van der Waals surface area contributed by atoms with Crippen LogP contribution in [0.4, 0.5) is 0 Å². The Hall–Kier alpha value is -0.590. The number of rotatable bonds is 9. The Bertz CT molecular complexity index is 509. The van der Waals surface area contributed by atoms with Gasteiger partial charge in [0.05, 0.1) is 23.3 Å². The molecule has 0 saturated carbocycles. The van der Waals surface area contributed by atoms with E-state index in [4.69, 9.17) is 16.3 Å². The zero-order chi connectivity index (χ0) is 18.3. The van der Waals surface area contributed by atoms with Crippen LogP contribution < -0.4 is 4.72 Å². The van der Waals surface area contributed by atoms with E-state index in [0.29, 0.717) is 18.1 Å². The van der Waals surface area contributed by atoms with E-state index in [-0.39, 0.29) is 5.97 Å². The van der Waals surface area contributed by atoms with E-state index in [1.54, 1.807) is 40.7 Å². The van der Waals surface area contributed by atoms with Crippen molar-refractivity contribution in [1.29, 1.82) is 0 Å². The first-order valence-corrected chi connectivity index (χ1v) is 9.88. The summed E-state index contributed by atoms with van der Waals surface area (Å²) in [6.45, 7) is 10.6. The van der Waals surface area contributed by atoms with Crippen LogP contribution in [-0.4, -0.2) is 31.8 Å². The van der Waals surface area contributed by atoms with E-state index in [0.717, 1.165) is 12.8 Å². The first kappa shape index (κ1) is 22.4. The molecule has 0 aliphatic carbocycles. The van der Waals surface area contributed by atoms with E-state index >= 15 is 0 Å². The van der Waals surface area contributed by atoms with Crippen molar-refractivity contribution in [2.75, 3.05) is 6.61 Å². The third-order valence-corrected chi connectivity index (χ3v) is 5.95. The predicted octanol–water partition coefficient (Wildman–Crippen LogP) is 3.59. The van der Waals surface area contributed by atoms with E-state index in [1.165, 1.54) is 0 Å². The number of hydrogen-bond acceptors (Lipinski definition) is 4. The van der Waals surface area contributed by atoms with Crippen LogP contribution in [0.2, 0.25) is 0 Å². The largest absolute Gasteiger partial charge is 0.466 e. The Labute approximate surface area is 145 Å². The van der Waals surface area contributed by atoms with Gasteiger partial charge in [0.1, 0.15) is 0 Å². The zero-order valence-electron chi connectivity index (χ0n) is 15.0. The number of ether oxygens (including phenoxy) is 1. The smallest absolute Gasteiger partial charge is 0.312 e. The van der Waals surface area contributed by atoms with Crippen molar-refractivity contribution in [2.45, 2.75) is 71.6 Å². The van der Waals surface area contributed by atoms with Gasteiger partial charge >= 0.3 is 5.97 Å². The lowest BCUT2D eigenvalue weighted by Crippen LogP contribution is -2.45. The third-order valence-electron chi connectivity index (χ3n) is 3.35. The molecule has 7 heteroatoms. The maximum Gasteiger partial charge on any atom is 0.312 e. The van der Waals surface area contributed by atoms with Crippen LogP contribution in [0.1, 0.15) is 60.8 Å². The number of esters is 1. The number of halogens is 1. The van der Waals surface area contributed by atoms with Gasteiger partial charge in [0, 0.05) is 5.03 Å². The normalized spacial score (nSPS) is 16.0. The highest BCUT2D eigenvalue weighted by Crippen LogP contribution is 2.22. The average molecular weight is 368 g/mol. The van der Waals surface area contributed by atoms with Crippen LogP contribution in [0.25, 0.3) is 0 Å². The van der Waals surface area contributed by atoms with E-state index in [1.807, 2.05) is 6.92 Å². The summed E-state index contributed by atoms with van der Waals surface area (Å²) >= 11 is 6.30. The number of hydrogen-bond donors (Lipinski definition) is 1. The van der Waals surface area contributed by atoms with E-state index in [9.17, 15) is 13.2 Å². The van der Waals surface area contributed by atoms with E-state index in [2.05, 4.69) is 4.72 Å². The Balaban J connectivity index is 5.27. The van der Waals surface area contributed by atoms with Crippen LogP contribution in [-0.2, 0) is 19.6 Å². The molecule has 0 unspecified atom stereocenters. The summed E-state index contributed by atoms with van der Waals surface area (Å²) < 4.78 is 31.4. The molecule has 0 amide bonds. The van der Waals surface area contributed by atoms with Crippen molar-refractivity contribution < 1.29 is 17.9 Å². The first-order valence-electron chi connectivity index (χ1n) is 8.02. The van der Waals surface area contributed by atoms with Crippen LogP contribution in [0, 0.1) is 5.92 Å². The molecule has 0 aromatic carbocycles. The SMILES string of the molecule is CCCC[C@H](NS(=O)(=O)C(C)(C)C)/C(Cl)=C/[C@H](C)C(=O)OCC. The third kappa shape index (κ3) is 7.68. The molecule has 0 rings (SSSR count). The van der Waals surface area contributed by atoms with Gasteiger partial charge in [-0.25, -0.2) is 13.1 Å². The number of nitrogens with one attached hydrogen (secondary N) is 1. The molecule has 0 bridgehead atoms. The highest BCUT2D eigenvalue weighted by atomic mass is 35.5. The van der Waals surface area contributed by atoms with Crippen molar-refractivity contribution >= 4 is 27.6 Å². The van der Waals surface area contributed by atoms with Crippen molar-refractivity contribution in [3.63, 3.8) is 0 Å². The lowest BCUT2D eigenvalue weighted by Gasteiger charge is -2.25. The summed E-state index contributed by atoms with van der Waals surface area (Å²) in [6.07, 6.45) is 3.89. The lowest BCUT2D eigenvalue weighted by atomic mass is 10.1. The fourth-order valence-corrected chi connectivity index (χ4v) is 3.11. The minimum atomic E-state index is -3.53. The quantitative estimate of drug-likeness (QED) is 0.632. The molecule has 0 aliphatic rings. The summed E-state index contributed by atoms with van der Waals surface area (Å²) in [5.41, 5.74) is 0. The van der Waals surface area contributed by atoms with Gasteiger partial charge in [-0.3, -0.25) is 4.79 Å². The lowest BCUT2D eigenvalue weighted by molar-refractivity contribution is -0.145. The monoisotopic (exact) mass is 367 g/mol. The minimum Gasteiger partial charge on any atom is -0.466 e. The molecule has 2 atom stereocenters. The Morgan fingerprint density at radius 3 is 2.30 bits per heavy atom. The summed E-state index contributed by atoms with van der Waals surface area (Å²) in [6, 6.07) is -0.530. The molecule has 0 heterocycles. The van der Waals surface area contributed by atoms with Gasteiger partial charge in [-0.15, -0.1) is 0 Å². The van der Waals surface area contributed by atoms with Gasteiger partial charge in [-0.1, -0.05) is 37.4 Å². The topological polar surface area (TPSA) is 72.5 Å². The van der Waals surface area contributed by atoms with Gasteiger partial charge in [0.2, 0.25) is 10.0 Å². The number of carbonyl (C=O) groups excluding carboxylic acids is 1. The van der Waals surface area contributed by atoms with Crippen LogP contribution in [0.15, 0.2) is 11.1 Å². The van der Waals surface area contributed by atoms with Gasteiger partial charge in [0.15, 0.2) is 0 Å². The molecule has 0 saturated heterocycles. The Kier molecular flexibility index (Phi) is 9.40. The molecule has 23 heavy (non-hydrogen) atoms. The molecule has 5 nitrogen and oxygen atoms in total. The predicted molar refractivity (Wildman–Crippen MR) is 94.9 cm³/mol. The van der Waals surface area contributed by atoms with Crippen LogP contribution in [0.5, 0.6) is 0 Å². The highest BCUT2D eigenvalue weighted by molar-refractivity contribution is 7.90. The van der Waals surface area contributed by atoms with Crippen LogP contribution >= 0.6 is 11.6 Å². The summed E-state index contributed by atoms with van der Waals surface area (Å²) in [5.74, 6) is -0.899. The molecule has 0 radical (unpaired) electrons. The second-order valence-electron chi connectivity index (χ2n) is 6.52. The molecule has 0 spiro atoms. The van der Waals surface area contributed by atoms with Crippen LogP contribution in [0.3, 0.4) is 0 Å². The summed E-state index contributed by atoms with van der Waals surface area (Å²) in [7, 11) is -3.53. The van der Waals surface area contributed by atoms with Gasteiger partial charge in [-0.2, -0.15) is 0 Å². The second-order valence-corrected chi connectivity index (χ2v) is 9.42. The van der Waals surface area contributed by atoms with E-state index < -0.39 is 26.7 Å².